The number of carbonyl (C=O) groups excluding carboxylic acids is 1. The average Bonchev–Trinajstić information content (AvgIpc) is 2.59. The largest absolute Gasteiger partial charge is 0.384 e. The van der Waals surface area contributed by atoms with Crippen molar-refractivity contribution in [3.63, 3.8) is 0 Å². The predicted octanol–water partition coefficient (Wildman–Crippen LogP) is 2.97. The number of allylic oxidation sites excluding steroid dienone is 2. The summed E-state index contributed by atoms with van der Waals surface area (Å²) in [6.45, 7) is 5.56. The number of hydrogen-bond donors (Lipinski definition) is 0. The smallest absolute Gasteiger partial charge is 0.156 e. The second kappa shape index (κ2) is 3.44. The van der Waals surface area contributed by atoms with Crippen LogP contribution >= 0.6 is 0 Å². The molecule has 3 rings (SSSR count). The predicted molar refractivity (Wildman–Crippen MR) is 66.6 cm³/mol. The molecule has 0 saturated heterocycles. The third kappa shape index (κ3) is 1.40. The van der Waals surface area contributed by atoms with Crippen LogP contribution in [0.15, 0.2) is 11.6 Å². The van der Waals surface area contributed by atoms with Gasteiger partial charge in [-0.1, -0.05) is 19.4 Å². The summed E-state index contributed by atoms with van der Waals surface area (Å²) in [5, 5.41) is 0. The van der Waals surface area contributed by atoms with Crippen molar-refractivity contribution in [3.8, 4) is 0 Å². The Labute approximate surface area is 103 Å². The summed E-state index contributed by atoms with van der Waals surface area (Å²) < 4.78 is 5.40. The minimum absolute atomic E-state index is 0.166. The van der Waals surface area contributed by atoms with Crippen molar-refractivity contribution >= 4 is 5.78 Å². The average molecular weight is 234 g/mol. The molecule has 2 nitrogen and oxygen atoms in total. The van der Waals surface area contributed by atoms with Crippen molar-refractivity contribution in [1.82, 2.24) is 0 Å². The molecule has 94 valence electrons. The van der Waals surface area contributed by atoms with Crippen LogP contribution < -0.4 is 0 Å². The van der Waals surface area contributed by atoms with Gasteiger partial charge in [0.25, 0.3) is 0 Å². The first-order chi connectivity index (χ1) is 7.99. The van der Waals surface area contributed by atoms with Crippen LogP contribution in [0.4, 0.5) is 0 Å². The molecule has 3 aliphatic rings. The Hall–Kier alpha value is -0.630. The third-order valence-electron chi connectivity index (χ3n) is 5.42. The van der Waals surface area contributed by atoms with Gasteiger partial charge in [0, 0.05) is 25.6 Å². The van der Waals surface area contributed by atoms with Crippen molar-refractivity contribution in [2.45, 2.75) is 39.5 Å². The maximum absolute atomic E-state index is 11.8. The van der Waals surface area contributed by atoms with Crippen LogP contribution in [0.1, 0.15) is 39.5 Å². The molecule has 0 aromatic carbocycles. The van der Waals surface area contributed by atoms with Gasteiger partial charge in [0.05, 0.1) is 0 Å². The van der Waals surface area contributed by atoms with E-state index in [0.29, 0.717) is 23.0 Å². The Kier molecular flexibility index (Phi) is 2.32. The Balaban J connectivity index is 2.04. The summed E-state index contributed by atoms with van der Waals surface area (Å²) in [5.74, 6) is 1.55. The second-order valence-electron chi connectivity index (χ2n) is 6.85. The molecule has 0 unspecified atom stereocenters. The standard InChI is InChI=1S/C15H22O2/c1-14(2)9-15-7-11(16)6-13(15)12(14)5-4-10(15)8-17-3/h6,10,12H,4-5,7-9H2,1-3H3/t10-,12+,15-/m1/s1. The molecular formula is C15H22O2. The van der Waals surface area contributed by atoms with E-state index in [0.717, 1.165) is 13.0 Å². The van der Waals surface area contributed by atoms with Gasteiger partial charge in [-0.3, -0.25) is 4.79 Å². The van der Waals surface area contributed by atoms with Crippen LogP contribution in [0.5, 0.6) is 0 Å². The lowest BCUT2D eigenvalue weighted by molar-refractivity contribution is -0.116. The molecule has 2 heteroatoms. The lowest BCUT2D eigenvalue weighted by Gasteiger charge is -2.39. The number of hydrogen-bond acceptors (Lipinski definition) is 2. The number of methoxy groups -OCH3 is 1. The third-order valence-corrected chi connectivity index (χ3v) is 5.42. The molecule has 0 aromatic heterocycles. The van der Waals surface area contributed by atoms with Gasteiger partial charge in [-0.2, -0.15) is 0 Å². The highest BCUT2D eigenvalue weighted by atomic mass is 16.5. The quantitative estimate of drug-likeness (QED) is 0.734. The fourth-order valence-electron chi connectivity index (χ4n) is 4.91. The summed E-state index contributed by atoms with van der Waals surface area (Å²) in [6, 6.07) is 0. The van der Waals surface area contributed by atoms with E-state index in [9.17, 15) is 4.79 Å². The summed E-state index contributed by atoms with van der Waals surface area (Å²) in [7, 11) is 1.78. The molecule has 0 radical (unpaired) electrons. The summed E-state index contributed by atoms with van der Waals surface area (Å²) in [6.07, 6.45) is 6.36. The van der Waals surface area contributed by atoms with Gasteiger partial charge in [-0.25, -0.2) is 0 Å². The lowest BCUT2D eigenvalue weighted by Crippen LogP contribution is -2.34. The van der Waals surface area contributed by atoms with Crippen molar-refractivity contribution < 1.29 is 9.53 Å². The Morgan fingerprint density at radius 1 is 1.41 bits per heavy atom. The molecule has 2 saturated carbocycles. The van der Waals surface area contributed by atoms with Gasteiger partial charge in [0.2, 0.25) is 0 Å². The van der Waals surface area contributed by atoms with Gasteiger partial charge >= 0.3 is 0 Å². The fraction of sp³-hybridized carbons (Fsp3) is 0.800. The van der Waals surface area contributed by atoms with Gasteiger partial charge in [0.1, 0.15) is 0 Å². The minimum atomic E-state index is 0.166. The first kappa shape index (κ1) is 11.5. The van der Waals surface area contributed by atoms with Gasteiger partial charge < -0.3 is 4.74 Å². The highest BCUT2D eigenvalue weighted by Crippen LogP contribution is 2.68. The van der Waals surface area contributed by atoms with Crippen LogP contribution in [-0.4, -0.2) is 19.5 Å². The van der Waals surface area contributed by atoms with Gasteiger partial charge in [-0.15, -0.1) is 0 Å². The SMILES string of the molecule is COC[C@H]1CC[C@H]2C3=CC(=O)C[C@]31CC2(C)C. The molecule has 0 aromatic rings. The zero-order chi connectivity index (χ0) is 12.3. The van der Waals surface area contributed by atoms with Crippen LogP contribution in [-0.2, 0) is 9.53 Å². The molecule has 2 fully saturated rings. The van der Waals surface area contributed by atoms with Gasteiger partial charge in [-0.05, 0) is 42.6 Å². The van der Waals surface area contributed by atoms with Crippen molar-refractivity contribution in [3.05, 3.63) is 11.6 Å². The van der Waals surface area contributed by atoms with E-state index in [2.05, 4.69) is 13.8 Å². The fourth-order valence-corrected chi connectivity index (χ4v) is 4.91. The summed E-state index contributed by atoms with van der Waals surface area (Å²) >= 11 is 0. The van der Waals surface area contributed by atoms with Crippen LogP contribution in [0, 0.1) is 22.7 Å². The Morgan fingerprint density at radius 3 is 2.88 bits per heavy atom. The number of carbonyl (C=O) groups is 1. The highest BCUT2D eigenvalue weighted by molar-refractivity contribution is 5.95. The Bertz CT molecular complexity index is 394. The lowest BCUT2D eigenvalue weighted by atomic mass is 9.65. The zero-order valence-corrected chi connectivity index (χ0v) is 11.1. The molecule has 0 heterocycles. The maximum Gasteiger partial charge on any atom is 0.156 e. The number of ether oxygens (including phenoxy) is 1. The number of ketones is 1. The molecule has 0 aliphatic heterocycles. The highest BCUT2D eigenvalue weighted by Gasteiger charge is 2.61. The molecule has 0 spiro atoms. The van der Waals surface area contributed by atoms with Crippen molar-refractivity contribution in [2.24, 2.45) is 22.7 Å². The summed E-state index contributed by atoms with van der Waals surface area (Å²) in [5.41, 5.74) is 2.01. The van der Waals surface area contributed by atoms with E-state index in [1.165, 1.54) is 24.8 Å². The van der Waals surface area contributed by atoms with Crippen molar-refractivity contribution in [1.29, 1.82) is 0 Å². The van der Waals surface area contributed by atoms with Crippen molar-refractivity contribution in [2.75, 3.05) is 13.7 Å². The van der Waals surface area contributed by atoms with E-state index >= 15 is 0 Å². The molecule has 0 amide bonds. The van der Waals surface area contributed by atoms with E-state index in [4.69, 9.17) is 4.74 Å². The molecule has 0 N–H and O–H groups in total. The first-order valence-corrected chi connectivity index (χ1v) is 6.73. The van der Waals surface area contributed by atoms with E-state index in [1.807, 2.05) is 6.08 Å². The molecule has 2 bridgehead atoms. The summed E-state index contributed by atoms with van der Waals surface area (Å²) in [4.78, 5) is 11.8. The van der Waals surface area contributed by atoms with E-state index in [-0.39, 0.29) is 5.41 Å². The minimum Gasteiger partial charge on any atom is -0.384 e. The number of rotatable bonds is 2. The first-order valence-electron chi connectivity index (χ1n) is 6.73. The molecular weight excluding hydrogens is 212 g/mol. The molecule has 3 atom stereocenters. The maximum atomic E-state index is 11.8. The Morgan fingerprint density at radius 2 is 2.18 bits per heavy atom. The second-order valence-corrected chi connectivity index (χ2v) is 6.85. The molecule has 17 heavy (non-hydrogen) atoms. The van der Waals surface area contributed by atoms with Crippen LogP contribution in [0.2, 0.25) is 0 Å². The molecule has 3 aliphatic carbocycles. The van der Waals surface area contributed by atoms with E-state index < -0.39 is 0 Å². The van der Waals surface area contributed by atoms with Crippen LogP contribution in [0.3, 0.4) is 0 Å². The van der Waals surface area contributed by atoms with E-state index in [1.54, 1.807) is 7.11 Å². The van der Waals surface area contributed by atoms with Gasteiger partial charge in [0.15, 0.2) is 5.78 Å². The normalized spacial score (nSPS) is 42.5. The monoisotopic (exact) mass is 234 g/mol. The van der Waals surface area contributed by atoms with Crippen LogP contribution in [0.25, 0.3) is 0 Å². The zero-order valence-electron chi connectivity index (χ0n) is 11.1. The topological polar surface area (TPSA) is 26.3 Å².